The number of hydrogen-bond donors (Lipinski definition) is 0. The molecule has 5 nitrogen and oxygen atoms in total. The molecule has 0 radical (unpaired) electrons. The van der Waals surface area contributed by atoms with E-state index in [-0.39, 0.29) is 12.0 Å². The zero-order valence-electron chi connectivity index (χ0n) is 15.1. The lowest BCUT2D eigenvalue weighted by molar-refractivity contribution is -0.133. The van der Waals surface area contributed by atoms with E-state index in [4.69, 9.17) is 9.57 Å². The van der Waals surface area contributed by atoms with Crippen LogP contribution in [0.5, 0.6) is 5.75 Å². The number of nitrogens with zero attached hydrogens (tertiary/aromatic N) is 2. The van der Waals surface area contributed by atoms with Crippen molar-refractivity contribution in [3.8, 4) is 5.75 Å². The standard InChI is InChI=1S/C19H28N2O3/c1-5-10-21(19(22)11-14(2)3)13-17-12-18(20-24-17)15-6-8-16(23-4)9-7-15/h6-9,14,17H,5,10-13H2,1-4H3. The highest BCUT2D eigenvalue weighted by atomic mass is 16.6. The van der Waals surface area contributed by atoms with Crippen LogP contribution in [0, 0.1) is 5.92 Å². The summed E-state index contributed by atoms with van der Waals surface area (Å²) in [4.78, 5) is 19.9. The number of amides is 1. The van der Waals surface area contributed by atoms with E-state index in [1.165, 1.54) is 0 Å². The van der Waals surface area contributed by atoms with Crippen molar-refractivity contribution in [3.63, 3.8) is 0 Å². The van der Waals surface area contributed by atoms with Gasteiger partial charge in [-0.2, -0.15) is 0 Å². The topological polar surface area (TPSA) is 51.1 Å². The first kappa shape index (κ1) is 18.3. The molecule has 1 heterocycles. The van der Waals surface area contributed by atoms with E-state index in [1.807, 2.05) is 29.2 Å². The van der Waals surface area contributed by atoms with Gasteiger partial charge in [0.25, 0.3) is 0 Å². The summed E-state index contributed by atoms with van der Waals surface area (Å²) in [6.45, 7) is 7.59. The van der Waals surface area contributed by atoms with Gasteiger partial charge in [-0.3, -0.25) is 4.79 Å². The van der Waals surface area contributed by atoms with Gasteiger partial charge < -0.3 is 14.5 Å². The number of rotatable bonds is 8. The van der Waals surface area contributed by atoms with Gasteiger partial charge in [0.2, 0.25) is 5.91 Å². The Morgan fingerprint density at radius 3 is 2.67 bits per heavy atom. The van der Waals surface area contributed by atoms with Crippen molar-refractivity contribution in [1.29, 1.82) is 0 Å². The lowest BCUT2D eigenvalue weighted by Crippen LogP contribution is -2.38. The molecule has 1 atom stereocenters. The van der Waals surface area contributed by atoms with Gasteiger partial charge in [-0.05, 0) is 42.2 Å². The van der Waals surface area contributed by atoms with Crippen molar-refractivity contribution in [2.45, 2.75) is 46.1 Å². The minimum absolute atomic E-state index is 0.0650. The third kappa shape index (κ3) is 4.98. The summed E-state index contributed by atoms with van der Waals surface area (Å²) in [5.41, 5.74) is 1.96. The maximum atomic E-state index is 12.4. The van der Waals surface area contributed by atoms with Gasteiger partial charge >= 0.3 is 0 Å². The molecule has 1 aromatic carbocycles. The molecule has 2 rings (SSSR count). The number of benzene rings is 1. The van der Waals surface area contributed by atoms with Gasteiger partial charge in [0.1, 0.15) is 5.75 Å². The molecule has 1 amide bonds. The maximum Gasteiger partial charge on any atom is 0.222 e. The van der Waals surface area contributed by atoms with Crippen molar-refractivity contribution in [2.24, 2.45) is 11.1 Å². The fourth-order valence-corrected chi connectivity index (χ4v) is 2.79. The van der Waals surface area contributed by atoms with Crippen LogP contribution in [-0.2, 0) is 9.63 Å². The Labute approximate surface area is 144 Å². The van der Waals surface area contributed by atoms with E-state index >= 15 is 0 Å². The van der Waals surface area contributed by atoms with Crippen molar-refractivity contribution >= 4 is 11.6 Å². The highest BCUT2D eigenvalue weighted by molar-refractivity contribution is 6.01. The number of carbonyl (C=O) groups excluding carboxylic acids is 1. The highest BCUT2D eigenvalue weighted by Gasteiger charge is 2.26. The lowest BCUT2D eigenvalue weighted by atomic mass is 10.0. The quantitative estimate of drug-likeness (QED) is 0.732. The Bertz CT molecular complexity index is 566. The van der Waals surface area contributed by atoms with E-state index in [0.717, 1.165) is 36.4 Å². The molecule has 1 aliphatic rings. The Morgan fingerprint density at radius 1 is 1.38 bits per heavy atom. The number of methoxy groups -OCH3 is 1. The van der Waals surface area contributed by atoms with Crippen LogP contribution in [0.3, 0.4) is 0 Å². The highest BCUT2D eigenvalue weighted by Crippen LogP contribution is 2.20. The monoisotopic (exact) mass is 332 g/mol. The molecular weight excluding hydrogens is 304 g/mol. The van der Waals surface area contributed by atoms with Crippen molar-refractivity contribution < 1.29 is 14.4 Å². The van der Waals surface area contributed by atoms with Gasteiger partial charge in [0, 0.05) is 19.4 Å². The van der Waals surface area contributed by atoms with Crippen LogP contribution in [0.4, 0.5) is 0 Å². The molecular formula is C19H28N2O3. The van der Waals surface area contributed by atoms with E-state index in [0.29, 0.717) is 18.9 Å². The Hall–Kier alpha value is -2.04. The van der Waals surface area contributed by atoms with E-state index in [9.17, 15) is 4.79 Å². The number of hydrogen-bond acceptors (Lipinski definition) is 4. The van der Waals surface area contributed by atoms with E-state index in [2.05, 4.69) is 25.9 Å². The molecule has 1 aliphatic heterocycles. The van der Waals surface area contributed by atoms with Crippen LogP contribution in [0.25, 0.3) is 0 Å². The molecule has 1 aromatic rings. The first-order valence-electron chi connectivity index (χ1n) is 8.68. The molecule has 0 fully saturated rings. The SMILES string of the molecule is CCCN(CC1CC(c2ccc(OC)cc2)=NO1)C(=O)CC(C)C. The summed E-state index contributed by atoms with van der Waals surface area (Å²) in [7, 11) is 1.65. The summed E-state index contributed by atoms with van der Waals surface area (Å²) in [6.07, 6.45) is 2.19. The van der Waals surface area contributed by atoms with Crippen LogP contribution in [0.1, 0.15) is 45.6 Å². The van der Waals surface area contributed by atoms with E-state index in [1.54, 1.807) is 7.11 Å². The minimum atomic E-state index is -0.0650. The first-order valence-corrected chi connectivity index (χ1v) is 8.68. The number of carbonyl (C=O) groups is 1. The van der Waals surface area contributed by atoms with Gasteiger partial charge in [-0.15, -0.1) is 0 Å². The molecule has 0 saturated heterocycles. The Kier molecular flexibility index (Phi) is 6.64. The third-order valence-corrected chi connectivity index (χ3v) is 4.01. The lowest BCUT2D eigenvalue weighted by Gasteiger charge is -2.25. The fraction of sp³-hybridized carbons (Fsp3) is 0.579. The second kappa shape index (κ2) is 8.71. The molecule has 132 valence electrons. The zero-order chi connectivity index (χ0) is 17.5. The van der Waals surface area contributed by atoms with Gasteiger partial charge in [-0.1, -0.05) is 25.9 Å². The predicted octanol–water partition coefficient (Wildman–Crippen LogP) is 3.47. The molecule has 24 heavy (non-hydrogen) atoms. The van der Waals surface area contributed by atoms with Crippen molar-refractivity contribution in [1.82, 2.24) is 4.90 Å². The summed E-state index contributed by atoms with van der Waals surface area (Å²) in [6, 6.07) is 7.80. The Balaban J connectivity index is 1.93. The second-order valence-corrected chi connectivity index (χ2v) is 6.64. The van der Waals surface area contributed by atoms with Crippen LogP contribution >= 0.6 is 0 Å². The average molecular weight is 332 g/mol. The summed E-state index contributed by atoms with van der Waals surface area (Å²) < 4.78 is 5.18. The Morgan fingerprint density at radius 2 is 2.08 bits per heavy atom. The molecule has 0 N–H and O–H groups in total. The smallest absolute Gasteiger partial charge is 0.222 e. The van der Waals surface area contributed by atoms with Crippen molar-refractivity contribution in [2.75, 3.05) is 20.2 Å². The van der Waals surface area contributed by atoms with E-state index < -0.39 is 0 Å². The largest absolute Gasteiger partial charge is 0.497 e. The van der Waals surface area contributed by atoms with Crippen LogP contribution < -0.4 is 4.74 Å². The molecule has 0 spiro atoms. The normalized spacial score (nSPS) is 16.7. The van der Waals surface area contributed by atoms with Crippen LogP contribution in [0.2, 0.25) is 0 Å². The van der Waals surface area contributed by atoms with Gasteiger partial charge in [-0.25, -0.2) is 0 Å². The maximum absolute atomic E-state index is 12.4. The van der Waals surface area contributed by atoms with Crippen LogP contribution in [0.15, 0.2) is 29.4 Å². The zero-order valence-corrected chi connectivity index (χ0v) is 15.1. The number of ether oxygens (including phenoxy) is 1. The first-order chi connectivity index (χ1) is 11.5. The number of oxime groups is 1. The van der Waals surface area contributed by atoms with Crippen LogP contribution in [-0.4, -0.2) is 42.8 Å². The van der Waals surface area contributed by atoms with Gasteiger partial charge in [0.05, 0.1) is 19.4 Å². The molecule has 1 unspecified atom stereocenters. The minimum Gasteiger partial charge on any atom is -0.497 e. The molecule has 0 aliphatic carbocycles. The average Bonchev–Trinajstić information content (AvgIpc) is 3.02. The predicted molar refractivity (Wildman–Crippen MR) is 95.3 cm³/mol. The van der Waals surface area contributed by atoms with Crippen molar-refractivity contribution in [3.05, 3.63) is 29.8 Å². The van der Waals surface area contributed by atoms with Gasteiger partial charge in [0.15, 0.2) is 6.10 Å². The summed E-state index contributed by atoms with van der Waals surface area (Å²) in [5, 5.41) is 4.21. The summed E-state index contributed by atoms with van der Waals surface area (Å²) >= 11 is 0. The molecule has 0 saturated carbocycles. The third-order valence-electron chi connectivity index (χ3n) is 4.01. The fourth-order valence-electron chi connectivity index (χ4n) is 2.79. The second-order valence-electron chi connectivity index (χ2n) is 6.64. The molecule has 0 bridgehead atoms. The molecule has 5 heteroatoms. The molecule has 0 aromatic heterocycles. The summed E-state index contributed by atoms with van der Waals surface area (Å²) in [5.74, 6) is 1.39.